The molecule has 4 rings (SSSR count). The number of carbonyl (C=O) groups is 4. The number of rotatable bonds is 4. The molecule has 2 heterocycles. The molecule has 1 unspecified atom stereocenters. The number of amides is 4. The van der Waals surface area contributed by atoms with E-state index in [1.165, 1.54) is 24.3 Å². The molecule has 0 radical (unpaired) electrons. The van der Waals surface area contributed by atoms with Gasteiger partial charge in [-0.05, 0) is 48.7 Å². The fourth-order valence-electron chi connectivity index (χ4n) is 4.27. The maximum atomic E-state index is 13.2. The average Bonchev–Trinajstić information content (AvgIpc) is 3.35. The summed E-state index contributed by atoms with van der Waals surface area (Å²) in [6, 6.07) is 6.89. The van der Waals surface area contributed by atoms with Gasteiger partial charge in [0.1, 0.15) is 11.7 Å². The van der Waals surface area contributed by atoms with E-state index in [2.05, 4.69) is 5.32 Å². The summed E-state index contributed by atoms with van der Waals surface area (Å²) in [6.45, 7) is 1.89. The second-order valence-electron chi connectivity index (χ2n) is 7.92. The molecule has 2 aromatic rings. The Labute approximate surface area is 184 Å². The zero-order valence-corrected chi connectivity index (χ0v) is 17.9. The highest BCUT2D eigenvalue weighted by Crippen LogP contribution is 2.41. The van der Waals surface area contributed by atoms with Crippen molar-refractivity contribution in [3.05, 3.63) is 52.4 Å². The second-order valence-corrected chi connectivity index (χ2v) is 8.36. The quantitative estimate of drug-likeness (QED) is 0.550. The normalized spacial score (nSPS) is 18.7. The maximum absolute atomic E-state index is 13.2. The summed E-state index contributed by atoms with van der Waals surface area (Å²) in [7, 11) is 0. The van der Waals surface area contributed by atoms with Crippen LogP contribution >= 0.6 is 11.6 Å². The van der Waals surface area contributed by atoms with Crippen LogP contribution in [0.4, 0.5) is 10.5 Å². The SMILES string of the molecule is CCc1ccc(C(=O)C2C(=O)N(C(=O)NC(=O)C3CCCCC3)c3ccc(Cl)cc32)o1. The number of urea groups is 1. The number of furan rings is 1. The van der Waals surface area contributed by atoms with Crippen molar-refractivity contribution in [2.75, 3.05) is 4.90 Å². The Hall–Kier alpha value is -2.93. The van der Waals surface area contributed by atoms with Crippen LogP contribution in [0, 0.1) is 5.92 Å². The number of halogens is 1. The third kappa shape index (κ3) is 4.02. The largest absolute Gasteiger partial charge is 0.458 e. The molecule has 0 saturated heterocycles. The number of anilines is 1. The molecule has 2 aliphatic rings. The Morgan fingerprint density at radius 3 is 2.55 bits per heavy atom. The number of fused-ring (bicyclic) bond motifs is 1. The minimum atomic E-state index is -1.26. The van der Waals surface area contributed by atoms with E-state index in [4.69, 9.17) is 16.0 Å². The number of hydrogen-bond acceptors (Lipinski definition) is 5. The number of carbonyl (C=O) groups excluding carboxylic acids is 4. The van der Waals surface area contributed by atoms with Crippen molar-refractivity contribution < 1.29 is 23.6 Å². The zero-order valence-electron chi connectivity index (χ0n) is 17.2. The van der Waals surface area contributed by atoms with E-state index in [0.29, 0.717) is 22.8 Å². The van der Waals surface area contributed by atoms with Crippen LogP contribution < -0.4 is 10.2 Å². The Bertz CT molecular complexity index is 1050. The van der Waals surface area contributed by atoms with Gasteiger partial charge in [0.25, 0.3) is 5.91 Å². The highest BCUT2D eigenvalue weighted by atomic mass is 35.5. The monoisotopic (exact) mass is 442 g/mol. The van der Waals surface area contributed by atoms with E-state index in [9.17, 15) is 19.2 Å². The van der Waals surface area contributed by atoms with Crippen LogP contribution in [0.25, 0.3) is 0 Å². The van der Waals surface area contributed by atoms with Crippen LogP contribution in [0.1, 0.15) is 66.8 Å². The van der Waals surface area contributed by atoms with E-state index in [-0.39, 0.29) is 23.3 Å². The van der Waals surface area contributed by atoms with E-state index in [0.717, 1.165) is 37.0 Å². The van der Waals surface area contributed by atoms with Crippen molar-refractivity contribution in [3.8, 4) is 0 Å². The first-order valence-corrected chi connectivity index (χ1v) is 10.9. The summed E-state index contributed by atoms with van der Waals surface area (Å²) in [5.41, 5.74) is 0.557. The first kappa shape index (κ1) is 21.3. The first-order chi connectivity index (χ1) is 14.9. The van der Waals surface area contributed by atoms with E-state index >= 15 is 0 Å². The van der Waals surface area contributed by atoms with Gasteiger partial charge in [0.05, 0.1) is 5.69 Å². The molecule has 0 spiro atoms. The highest BCUT2D eigenvalue weighted by Gasteiger charge is 2.46. The molecular weight excluding hydrogens is 420 g/mol. The molecule has 8 heteroatoms. The number of nitrogens with zero attached hydrogens (tertiary/aromatic N) is 1. The Morgan fingerprint density at radius 2 is 1.87 bits per heavy atom. The predicted octanol–water partition coefficient (Wildman–Crippen LogP) is 4.63. The van der Waals surface area contributed by atoms with Gasteiger partial charge < -0.3 is 4.42 Å². The Kier molecular flexibility index (Phi) is 5.96. The number of aryl methyl sites for hydroxylation is 1. The molecule has 1 atom stereocenters. The molecule has 7 nitrogen and oxygen atoms in total. The van der Waals surface area contributed by atoms with Gasteiger partial charge in [0.15, 0.2) is 5.76 Å². The van der Waals surface area contributed by atoms with Gasteiger partial charge in [-0.15, -0.1) is 0 Å². The Balaban J connectivity index is 1.62. The number of benzene rings is 1. The van der Waals surface area contributed by atoms with Crippen molar-refractivity contribution in [1.82, 2.24) is 5.32 Å². The summed E-state index contributed by atoms with van der Waals surface area (Å²) in [5.74, 6) is -2.52. The number of ketones is 1. The predicted molar refractivity (Wildman–Crippen MR) is 114 cm³/mol. The van der Waals surface area contributed by atoms with Crippen molar-refractivity contribution >= 4 is 40.9 Å². The molecule has 1 fully saturated rings. The summed E-state index contributed by atoms with van der Waals surface area (Å²) in [5, 5.41) is 2.68. The Morgan fingerprint density at radius 1 is 1.13 bits per heavy atom. The summed E-state index contributed by atoms with van der Waals surface area (Å²) < 4.78 is 5.53. The van der Waals surface area contributed by atoms with E-state index in [1.54, 1.807) is 6.07 Å². The lowest BCUT2D eigenvalue weighted by molar-refractivity contribution is -0.124. The zero-order chi connectivity index (χ0) is 22.1. The fraction of sp³-hybridized carbons (Fsp3) is 0.391. The first-order valence-electron chi connectivity index (χ1n) is 10.5. The van der Waals surface area contributed by atoms with Gasteiger partial charge in [0, 0.05) is 17.4 Å². The van der Waals surface area contributed by atoms with Gasteiger partial charge in [0.2, 0.25) is 11.7 Å². The van der Waals surface area contributed by atoms with E-state index < -0.39 is 23.6 Å². The van der Waals surface area contributed by atoms with Crippen molar-refractivity contribution in [2.24, 2.45) is 5.92 Å². The second kappa shape index (κ2) is 8.67. The van der Waals surface area contributed by atoms with Gasteiger partial charge in [-0.3, -0.25) is 19.7 Å². The molecule has 1 aromatic heterocycles. The average molecular weight is 443 g/mol. The standard InChI is InChI=1S/C23H23ClN2O5/c1-2-15-9-11-18(31-15)20(27)19-16-12-14(24)8-10-17(16)26(22(19)29)23(30)25-21(28)13-6-4-3-5-7-13/h8-13,19H,2-7H2,1H3,(H,25,28,30). The minimum absolute atomic E-state index is 0.0432. The van der Waals surface area contributed by atoms with Crippen LogP contribution in [0.5, 0.6) is 0 Å². The molecule has 1 aliphatic carbocycles. The molecule has 31 heavy (non-hydrogen) atoms. The van der Waals surface area contributed by atoms with Crippen LogP contribution in [-0.4, -0.2) is 23.6 Å². The molecule has 4 amide bonds. The van der Waals surface area contributed by atoms with Crippen LogP contribution in [0.3, 0.4) is 0 Å². The fourth-order valence-corrected chi connectivity index (χ4v) is 4.46. The molecule has 1 saturated carbocycles. The summed E-state index contributed by atoms with van der Waals surface area (Å²) >= 11 is 6.11. The number of hydrogen-bond donors (Lipinski definition) is 1. The van der Waals surface area contributed by atoms with Crippen molar-refractivity contribution in [1.29, 1.82) is 0 Å². The molecular formula is C23H23ClN2O5. The van der Waals surface area contributed by atoms with Gasteiger partial charge in [-0.2, -0.15) is 0 Å². The number of Topliss-reactive ketones (excluding diaryl/α,β-unsaturated/α-hetero) is 1. The molecule has 1 aromatic carbocycles. The summed E-state index contributed by atoms with van der Waals surface area (Å²) in [6.07, 6.45) is 5.00. The molecule has 0 bridgehead atoms. The molecule has 1 N–H and O–H groups in total. The molecule has 162 valence electrons. The third-order valence-corrected chi connectivity index (χ3v) is 6.17. The van der Waals surface area contributed by atoms with Gasteiger partial charge in [-0.1, -0.05) is 37.8 Å². The van der Waals surface area contributed by atoms with E-state index in [1.807, 2.05) is 6.92 Å². The maximum Gasteiger partial charge on any atom is 0.335 e. The lowest BCUT2D eigenvalue weighted by atomic mass is 9.89. The minimum Gasteiger partial charge on any atom is -0.458 e. The van der Waals surface area contributed by atoms with Crippen LogP contribution in [-0.2, 0) is 16.0 Å². The van der Waals surface area contributed by atoms with Gasteiger partial charge >= 0.3 is 6.03 Å². The number of imide groups is 2. The third-order valence-electron chi connectivity index (χ3n) is 5.93. The lowest BCUT2D eigenvalue weighted by Crippen LogP contribution is -2.47. The van der Waals surface area contributed by atoms with Crippen LogP contribution in [0.15, 0.2) is 34.7 Å². The van der Waals surface area contributed by atoms with Crippen LogP contribution in [0.2, 0.25) is 5.02 Å². The van der Waals surface area contributed by atoms with Crippen molar-refractivity contribution in [3.63, 3.8) is 0 Å². The van der Waals surface area contributed by atoms with Crippen molar-refractivity contribution in [2.45, 2.75) is 51.4 Å². The molecule has 1 aliphatic heterocycles. The topological polar surface area (TPSA) is 96.7 Å². The summed E-state index contributed by atoms with van der Waals surface area (Å²) in [4.78, 5) is 52.6. The number of nitrogens with one attached hydrogen (secondary N) is 1. The highest BCUT2D eigenvalue weighted by molar-refractivity contribution is 6.33. The van der Waals surface area contributed by atoms with Gasteiger partial charge in [-0.25, -0.2) is 9.69 Å². The smallest absolute Gasteiger partial charge is 0.335 e. The lowest BCUT2D eigenvalue weighted by Gasteiger charge is -2.22.